The molecule has 5 rings (SSSR count). The van der Waals surface area contributed by atoms with Crippen molar-refractivity contribution >= 4 is 34.3 Å². The van der Waals surface area contributed by atoms with Gasteiger partial charge in [0.1, 0.15) is 17.2 Å². The number of aryl methyl sites for hydroxylation is 1. The number of amides is 1. The van der Waals surface area contributed by atoms with Crippen molar-refractivity contribution in [2.75, 3.05) is 12.0 Å². The fourth-order valence-electron chi connectivity index (χ4n) is 3.96. The fourth-order valence-corrected chi connectivity index (χ4v) is 4.13. The van der Waals surface area contributed by atoms with E-state index in [9.17, 15) is 9.59 Å². The lowest BCUT2D eigenvalue weighted by Crippen LogP contribution is -2.30. The minimum atomic E-state index is -0.716. The molecule has 0 saturated heterocycles. The zero-order chi connectivity index (χ0) is 21.7. The van der Waals surface area contributed by atoms with Crippen LogP contribution < -0.4 is 15.1 Å². The summed E-state index contributed by atoms with van der Waals surface area (Å²) in [4.78, 5) is 32.9. The van der Waals surface area contributed by atoms with Crippen LogP contribution in [0, 0.1) is 6.92 Å². The molecule has 0 N–H and O–H groups in total. The van der Waals surface area contributed by atoms with Crippen molar-refractivity contribution in [3.05, 3.63) is 98.5 Å². The average Bonchev–Trinajstić information content (AvgIpc) is 3.07. The molecule has 0 radical (unpaired) electrons. The lowest BCUT2D eigenvalue weighted by Gasteiger charge is -2.24. The molecule has 2 aromatic carbocycles. The molecule has 7 heteroatoms. The Morgan fingerprint density at radius 3 is 2.71 bits per heavy atom. The Labute approximate surface area is 182 Å². The van der Waals surface area contributed by atoms with Gasteiger partial charge >= 0.3 is 0 Å². The Hall–Kier alpha value is -3.64. The molecule has 1 amide bonds. The quantitative estimate of drug-likeness (QED) is 0.460. The highest BCUT2D eigenvalue weighted by atomic mass is 35.5. The van der Waals surface area contributed by atoms with Crippen LogP contribution in [0.4, 0.5) is 5.82 Å². The molecule has 4 aromatic rings. The molecule has 0 saturated carbocycles. The van der Waals surface area contributed by atoms with E-state index in [1.165, 1.54) is 4.90 Å². The number of carbonyl (C=O) groups is 1. The number of ether oxygens (including phenoxy) is 1. The number of aromatic nitrogens is 1. The van der Waals surface area contributed by atoms with Gasteiger partial charge in [0.2, 0.25) is 5.76 Å². The third kappa shape index (κ3) is 3.07. The Kier molecular flexibility index (Phi) is 4.52. The van der Waals surface area contributed by atoms with Crippen LogP contribution in [-0.2, 0) is 0 Å². The van der Waals surface area contributed by atoms with Crippen molar-refractivity contribution in [1.82, 2.24) is 4.98 Å². The van der Waals surface area contributed by atoms with Crippen LogP contribution in [0.2, 0.25) is 5.02 Å². The highest BCUT2D eigenvalue weighted by Gasteiger charge is 2.44. The van der Waals surface area contributed by atoms with Crippen LogP contribution in [0.15, 0.2) is 70.0 Å². The molecule has 0 spiro atoms. The molecule has 0 bridgehead atoms. The molecular formula is C24H17ClN2O4. The molecule has 1 atom stereocenters. The van der Waals surface area contributed by atoms with Crippen LogP contribution in [0.1, 0.15) is 33.3 Å². The third-order valence-electron chi connectivity index (χ3n) is 5.39. The second kappa shape index (κ2) is 7.25. The number of fused-ring (bicyclic) bond motifs is 2. The predicted molar refractivity (Wildman–Crippen MR) is 118 cm³/mol. The predicted octanol–water partition coefficient (Wildman–Crippen LogP) is 4.91. The van der Waals surface area contributed by atoms with E-state index in [2.05, 4.69) is 4.98 Å². The van der Waals surface area contributed by atoms with Crippen molar-refractivity contribution < 1.29 is 13.9 Å². The molecule has 1 aliphatic heterocycles. The largest absolute Gasteiger partial charge is 0.497 e. The minimum absolute atomic E-state index is 0.0101. The van der Waals surface area contributed by atoms with E-state index in [-0.39, 0.29) is 16.8 Å². The summed E-state index contributed by atoms with van der Waals surface area (Å²) in [5.41, 5.74) is 1.93. The van der Waals surface area contributed by atoms with Crippen molar-refractivity contribution in [3.8, 4) is 5.75 Å². The fraction of sp³-hybridized carbons (Fsp3) is 0.125. The number of nitrogens with zero attached hydrogens (tertiary/aromatic N) is 2. The van der Waals surface area contributed by atoms with Gasteiger partial charge in [-0.25, -0.2) is 4.98 Å². The van der Waals surface area contributed by atoms with E-state index < -0.39 is 11.9 Å². The van der Waals surface area contributed by atoms with Crippen LogP contribution in [0.3, 0.4) is 0 Å². The van der Waals surface area contributed by atoms with Gasteiger partial charge in [-0.2, -0.15) is 0 Å². The lowest BCUT2D eigenvalue weighted by atomic mass is 9.98. The summed E-state index contributed by atoms with van der Waals surface area (Å²) in [6, 6.07) is 15.0. The molecule has 2 aromatic heterocycles. The number of pyridine rings is 1. The molecule has 6 nitrogen and oxygen atoms in total. The van der Waals surface area contributed by atoms with Gasteiger partial charge < -0.3 is 9.15 Å². The topological polar surface area (TPSA) is 72.6 Å². The van der Waals surface area contributed by atoms with Crippen molar-refractivity contribution in [3.63, 3.8) is 0 Å². The van der Waals surface area contributed by atoms with Gasteiger partial charge in [-0.1, -0.05) is 23.7 Å². The van der Waals surface area contributed by atoms with E-state index in [0.29, 0.717) is 33.1 Å². The number of hydrogen-bond donors (Lipinski definition) is 0. The zero-order valence-corrected chi connectivity index (χ0v) is 17.5. The van der Waals surface area contributed by atoms with Crippen LogP contribution >= 0.6 is 11.6 Å². The van der Waals surface area contributed by atoms with Crippen LogP contribution in [0.5, 0.6) is 5.75 Å². The standard InChI is InChI=1S/C24H17ClN2O4/c1-13-8-9-26-19(10-13)27-21(14-4-3-5-16(11-14)30-2)20-22(28)17-12-15(25)6-7-18(17)31-23(20)24(27)29/h3-12,21H,1-2H3/t21-/m1/s1. The number of benzene rings is 2. The Morgan fingerprint density at radius 2 is 1.94 bits per heavy atom. The summed E-state index contributed by atoms with van der Waals surface area (Å²) in [5, 5.41) is 0.741. The third-order valence-corrected chi connectivity index (χ3v) is 5.62. The van der Waals surface area contributed by atoms with Crippen LogP contribution in [-0.4, -0.2) is 18.0 Å². The van der Waals surface area contributed by atoms with E-state index in [1.54, 1.807) is 49.7 Å². The maximum atomic E-state index is 13.6. The summed E-state index contributed by atoms with van der Waals surface area (Å²) in [6.07, 6.45) is 1.63. The lowest BCUT2D eigenvalue weighted by molar-refractivity contribution is 0.0970. The van der Waals surface area contributed by atoms with Crippen molar-refractivity contribution in [2.24, 2.45) is 0 Å². The molecular weight excluding hydrogens is 416 g/mol. The van der Waals surface area contributed by atoms with Gasteiger partial charge in [0.15, 0.2) is 5.43 Å². The second-order valence-corrected chi connectivity index (χ2v) is 7.80. The first-order chi connectivity index (χ1) is 15.0. The number of hydrogen-bond acceptors (Lipinski definition) is 5. The minimum Gasteiger partial charge on any atom is -0.497 e. The normalized spacial score (nSPS) is 15.4. The Bertz CT molecular complexity index is 1410. The highest BCUT2D eigenvalue weighted by molar-refractivity contribution is 6.31. The first-order valence-corrected chi connectivity index (χ1v) is 10.0. The summed E-state index contributed by atoms with van der Waals surface area (Å²) >= 11 is 6.12. The summed E-state index contributed by atoms with van der Waals surface area (Å²) in [7, 11) is 1.57. The van der Waals surface area contributed by atoms with E-state index >= 15 is 0 Å². The smallest absolute Gasteiger partial charge is 0.296 e. The maximum Gasteiger partial charge on any atom is 0.296 e. The van der Waals surface area contributed by atoms with Gasteiger partial charge in [-0.15, -0.1) is 0 Å². The summed E-state index contributed by atoms with van der Waals surface area (Å²) < 4.78 is 11.3. The molecule has 1 aliphatic rings. The number of methoxy groups -OCH3 is 1. The number of rotatable bonds is 3. The molecule has 0 aliphatic carbocycles. The Morgan fingerprint density at radius 1 is 1.10 bits per heavy atom. The summed E-state index contributed by atoms with van der Waals surface area (Å²) in [5.74, 6) is 0.639. The van der Waals surface area contributed by atoms with Gasteiger partial charge in [0, 0.05) is 11.2 Å². The van der Waals surface area contributed by atoms with Crippen LogP contribution in [0.25, 0.3) is 11.0 Å². The molecule has 0 fully saturated rings. The van der Waals surface area contributed by atoms with Gasteiger partial charge in [0.25, 0.3) is 5.91 Å². The zero-order valence-electron chi connectivity index (χ0n) is 16.8. The van der Waals surface area contributed by atoms with E-state index in [1.807, 2.05) is 25.1 Å². The molecule has 0 unspecified atom stereocenters. The second-order valence-electron chi connectivity index (χ2n) is 7.36. The van der Waals surface area contributed by atoms with E-state index in [0.717, 1.165) is 5.56 Å². The first-order valence-electron chi connectivity index (χ1n) is 9.64. The Balaban J connectivity index is 1.83. The SMILES string of the molecule is COc1cccc([C@@H]2c3c(oc4ccc(Cl)cc4c3=O)C(=O)N2c2cc(C)ccn2)c1. The summed E-state index contributed by atoms with van der Waals surface area (Å²) in [6.45, 7) is 1.92. The maximum absolute atomic E-state index is 13.6. The van der Waals surface area contributed by atoms with Gasteiger partial charge in [-0.05, 0) is 60.5 Å². The van der Waals surface area contributed by atoms with Crippen molar-refractivity contribution in [1.29, 1.82) is 0 Å². The molecule has 31 heavy (non-hydrogen) atoms. The van der Waals surface area contributed by atoms with Gasteiger partial charge in [0.05, 0.1) is 24.1 Å². The number of halogens is 1. The number of carbonyl (C=O) groups excluding carboxylic acids is 1. The number of anilines is 1. The first kappa shape index (κ1) is 19.3. The molecule has 154 valence electrons. The van der Waals surface area contributed by atoms with Crippen molar-refractivity contribution in [2.45, 2.75) is 13.0 Å². The highest BCUT2D eigenvalue weighted by Crippen LogP contribution is 2.41. The monoisotopic (exact) mass is 432 g/mol. The van der Waals surface area contributed by atoms with E-state index in [4.69, 9.17) is 20.8 Å². The molecule has 3 heterocycles. The van der Waals surface area contributed by atoms with Gasteiger partial charge in [-0.3, -0.25) is 14.5 Å². The average molecular weight is 433 g/mol.